The van der Waals surface area contributed by atoms with E-state index in [2.05, 4.69) is 20.8 Å². The van der Waals surface area contributed by atoms with Gasteiger partial charge in [0.05, 0.1) is 18.8 Å². The van der Waals surface area contributed by atoms with Crippen LogP contribution in [0.5, 0.6) is 0 Å². The molecule has 0 aliphatic rings. The number of H-pyrrole nitrogens is 1. The average molecular weight is 274 g/mol. The zero-order valence-corrected chi connectivity index (χ0v) is 11.3. The molecule has 1 aromatic carbocycles. The monoisotopic (exact) mass is 274 g/mol. The van der Waals surface area contributed by atoms with E-state index in [4.69, 9.17) is 5.11 Å². The van der Waals surface area contributed by atoms with Gasteiger partial charge in [-0.3, -0.25) is 9.89 Å². The summed E-state index contributed by atoms with van der Waals surface area (Å²) >= 11 is 0. The molecule has 4 N–H and O–H groups in total. The predicted octanol–water partition coefficient (Wildman–Crippen LogP) is 1.05. The van der Waals surface area contributed by atoms with Crippen molar-refractivity contribution in [1.29, 1.82) is 0 Å². The average Bonchev–Trinajstić information content (AvgIpc) is 2.97. The highest BCUT2D eigenvalue weighted by Gasteiger charge is 2.10. The molecule has 0 bridgehead atoms. The number of amides is 1. The van der Waals surface area contributed by atoms with Crippen molar-refractivity contribution in [1.82, 2.24) is 15.5 Å². The lowest BCUT2D eigenvalue weighted by atomic mass is 10.1. The molecule has 2 aromatic rings. The molecule has 2 rings (SSSR count). The van der Waals surface area contributed by atoms with Gasteiger partial charge in [0.25, 0.3) is 5.91 Å². The van der Waals surface area contributed by atoms with Gasteiger partial charge in [-0.1, -0.05) is 6.07 Å². The fraction of sp³-hybridized carbons (Fsp3) is 0.286. The van der Waals surface area contributed by atoms with Gasteiger partial charge in [0, 0.05) is 24.0 Å². The summed E-state index contributed by atoms with van der Waals surface area (Å²) in [5.41, 5.74) is 3.35. The summed E-state index contributed by atoms with van der Waals surface area (Å²) in [7, 11) is 0. The smallest absolute Gasteiger partial charge is 0.251 e. The zero-order valence-electron chi connectivity index (χ0n) is 11.3. The molecule has 0 spiro atoms. The van der Waals surface area contributed by atoms with Crippen LogP contribution in [0, 0.1) is 6.92 Å². The van der Waals surface area contributed by atoms with Crippen LogP contribution in [-0.2, 0) is 6.54 Å². The van der Waals surface area contributed by atoms with E-state index in [1.165, 1.54) is 0 Å². The second-order valence-corrected chi connectivity index (χ2v) is 4.39. The first kappa shape index (κ1) is 14.1. The molecule has 0 unspecified atom stereocenters. The molecule has 0 saturated carbocycles. The predicted molar refractivity (Wildman–Crippen MR) is 76.5 cm³/mol. The normalized spacial score (nSPS) is 10.3. The van der Waals surface area contributed by atoms with Crippen LogP contribution in [0.15, 0.2) is 30.5 Å². The molecule has 0 atom stereocenters. The summed E-state index contributed by atoms with van der Waals surface area (Å²) < 4.78 is 0. The van der Waals surface area contributed by atoms with Crippen molar-refractivity contribution in [2.45, 2.75) is 13.5 Å². The van der Waals surface area contributed by atoms with Crippen LogP contribution in [0.2, 0.25) is 0 Å². The first-order chi connectivity index (χ1) is 9.72. The van der Waals surface area contributed by atoms with E-state index in [1.807, 2.05) is 25.1 Å². The zero-order chi connectivity index (χ0) is 14.4. The van der Waals surface area contributed by atoms with E-state index in [-0.39, 0.29) is 19.1 Å². The van der Waals surface area contributed by atoms with E-state index in [1.54, 1.807) is 12.3 Å². The minimum absolute atomic E-state index is 0.0669. The summed E-state index contributed by atoms with van der Waals surface area (Å²) in [6.45, 7) is 2.69. The van der Waals surface area contributed by atoms with Gasteiger partial charge in [-0.15, -0.1) is 0 Å². The molecule has 6 heteroatoms. The van der Waals surface area contributed by atoms with Gasteiger partial charge in [-0.05, 0) is 30.7 Å². The Morgan fingerprint density at radius 1 is 1.40 bits per heavy atom. The highest BCUT2D eigenvalue weighted by molar-refractivity contribution is 5.97. The quantitative estimate of drug-likeness (QED) is 0.634. The van der Waals surface area contributed by atoms with Gasteiger partial charge < -0.3 is 15.7 Å². The molecule has 20 heavy (non-hydrogen) atoms. The van der Waals surface area contributed by atoms with Gasteiger partial charge >= 0.3 is 0 Å². The number of carbonyl (C=O) groups excluding carboxylic acids is 1. The van der Waals surface area contributed by atoms with Crippen LogP contribution in [0.4, 0.5) is 5.69 Å². The molecule has 6 nitrogen and oxygen atoms in total. The first-order valence-electron chi connectivity index (χ1n) is 6.43. The molecule has 1 aromatic heterocycles. The van der Waals surface area contributed by atoms with Crippen molar-refractivity contribution in [2.75, 3.05) is 18.5 Å². The van der Waals surface area contributed by atoms with Crippen molar-refractivity contribution in [3.05, 3.63) is 47.3 Å². The number of aromatic nitrogens is 2. The van der Waals surface area contributed by atoms with Crippen LogP contribution in [0.25, 0.3) is 0 Å². The third-order valence-corrected chi connectivity index (χ3v) is 3.00. The maximum absolute atomic E-state index is 11.9. The van der Waals surface area contributed by atoms with Gasteiger partial charge in [0.2, 0.25) is 0 Å². The minimum atomic E-state index is -0.179. The molecule has 1 amide bonds. The number of benzene rings is 1. The lowest BCUT2D eigenvalue weighted by Gasteiger charge is -2.12. The highest BCUT2D eigenvalue weighted by Crippen LogP contribution is 2.19. The summed E-state index contributed by atoms with van der Waals surface area (Å²) in [6.07, 6.45) is 1.70. The maximum atomic E-state index is 11.9. The molecular formula is C14H18N4O2. The Hall–Kier alpha value is -2.34. The van der Waals surface area contributed by atoms with E-state index in [9.17, 15) is 4.79 Å². The number of aliphatic hydroxyl groups excluding tert-OH is 1. The van der Waals surface area contributed by atoms with Crippen molar-refractivity contribution in [3.8, 4) is 0 Å². The van der Waals surface area contributed by atoms with Gasteiger partial charge in [-0.25, -0.2) is 0 Å². The van der Waals surface area contributed by atoms with Crippen LogP contribution in [0.1, 0.15) is 21.6 Å². The van der Waals surface area contributed by atoms with Crippen molar-refractivity contribution < 1.29 is 9.90 Å². The third-order valence-electron chi connectivity index (χ3n) is 3.00. The number of nitrogens with zero attached hydrogens (tertiary/aromatic N) is 1. The maximum Gasteiger partial charge on any atom is 0.251 e. The van der Waals surface area contributed by atoms with Crippen molar-refractivity contribution in [3.63, 3.8) is 0 Å². The summed E-state index contributed by atoms with van der Waals surface area (Å²) in [5, 5.41) is 21.4. The summed E-state index contributed by atoms with van der Waals surface area (Å²) in [6, 6.07) is 7.41. The number of nitrogens with one attached hydrogen (secondary N) is 3. The number of carbonyl (C=O) groups is 1. The standard InChI is InChI=1S/C14H18N4O2/c1-10-12(14(20)15-7-8-19)3-2-4-13(10)16-9-11-5-6-17-18-11/h2-6,16,19H,7-9H2,1H3,(H,15,20)(H,17,18). The van der Waals surface area contributed by atoms with E-state index < -0.39 is 0 Å². The second kappa shape index (κ2) is 6.72. The fourth-order valence-corrected chi connectivity index (χ4v) is 1.91. The number of aromatic amines is 1. The minimum Gasteiger partial charge on any atom is -0.395 e. The van der Waals surface area contributed by atoms with Crippen LogP contribution < -0.4 is 10.6 Å². The Morgan fingerprint density at radius 3 is 2.95 bits per heavy atom. The Balaban J connectivity index is 2.08. The number of hydrogen-bond donors (Lipinski definition) is 4. The topological polar surface area (TPSA) is 90.0 Å². The molecule has 0 radical (unpaired) electrons. The second-order valence-electron chi connectivity index (χ2n) is 4.39. The number of hydrogen-bond acceptors (Lipinski definition) is 4. The van der Waals surface area contributed by atoms with Gasteiger partial charge in [-0.2, -0.15) is 5.10 Å². The van der Waals surface area contributed by atoms with Crippen LogP contribution >= 0.6 is 0 Å². The number of aliphatic hydroxyl groups is 1. The molecule has 0 aliphatic carbocycles. The third kappa shape index (κ3) is 3.36. The molecule has 0 fully saturated rings. The summed E-state index contributed by atoms with van der Waals surface area (Å²) in [5.74, 6) is -0.179. The Labute approximate surface area is 117 Å². The number of anilines is 1. The van der Waals surface area contributed by atoms with Crippen LogP contribution in [-0.4, -0.2) is 34.4 Å². The van der Waals surface area contributed by atoms with E-state index >= 15 is 0 Å². The molecule has 106 valence electrons. The van der Waals surface area contributed by atoms with Gasteiger partial charge in [0.1, 0.15) is 0 Å². The Kier molecular flexibility index (Phi) is 4.73. The first-order valence-corrected chi connectivity index (χ1v) is 6.43. The lowest BCUT2D eigenvalue weighted by molar-refractivity contribution is 0.0944. The van der Waals surface area contributed by atoms with Crippen LogP contribution in [0.3, 0.4) is 0 Å². The van der Waals surface area contributed by atoms with E-state index in [0.29, 0.717) is 12.1 Å². The highest BCUT2D eigenvalue weighted by atomic mass is 16.3. The molecule has 0 aliphatic heterocycles. The molecule has 0 saturated heterocycles. The van der Waals surface area contributed by atoms with Crippen molar-refractivity contribution in [2.24, 2.45) is 0 Å². The SMILES string of the molecule is Cc1c(NCc2ccn[nH]2)cccc1C(=O)NCCO. The van der Waals surface area contributed by atoms with E-state index in [0.717, 1.165) is 16.9 Å². The Bertz CT molecular complexity index is 567. The largest absolute Gasteiger partial charge is 0.395 e. The fourth-order valence-electron chi connectivity index (χ4n) is 1.91. The lowest BCUT2D eigenvalue weighted by Crippen LogP contribution is -2.27. The molecule has 1 heterocycles. The summed E-state index contributed by atoms with van der Waals surface area (Å²) in [4.78, 5) is 11.9. The number of rotatable bonds is 6. The van der Waals surface area contributed by atoms with Crippen molar-refractivity contribution >= 4 is 11.6 Å². The molecular weight excluding hydrogens is 256 g/mol. The van der Waals surface area contributed by atoms with Gasteiger partial charge in [0.15, 0.2) is 0 Å². The Morgan fingerprint density at radius 2 is 2.25 bits per heavy atom.